The first-order valence-corrected chi connectivity index (χ1v) is 8.31. The second-order valence-electron chi connectivity index (χ2n) is 6.31. The highest BCUT2D eigenvalue weighted by atomic mass is 16.1. The molecule has 0 radical (unpaired) electrons. The molecule has 0 spiro atoms. The van der Waals surface area contributed by atoms with Gasteiger partial charge in [-0.15, -0.1) is 0 Å². The Bertz CT molecular complexity index is 852. The number of nitrogens with zero attached hydrogens (tertiary/aromatic N) is 4. The Morgan fingerprint density at radius 1 is 1.24 bits per heavy atom. The fourth-order valence-electron chi connectivity index (χ4n) is 3.29. The number of hydrogen-bond donors (Lipinski definition) is 2. The third-order valence-electron chi connectivity index (χ3n) is 4.61. The van der Waals surface area contributed by atoms with Crippen molar-refractivity contribution in [3.63, 3.8) is 0 Å². The average molecular weight is 336 g/mol. The fourth-order valence-corrected chi connectivity index (χ4v) is 3.29. The minimum atomic E-state index is -0.102. The topological polar surface area (TPSA) is 76.8 Å². The van der Waals surface area contributed by atoms with E-state index in [9.17, 15) is 4.79 Å². The first-order chi connectivity index (χ1) is 12.2. The zero-order valence-electron chi connectivity index (χ0n) is 14.0. The molecule has 1 fully saturated rings. The standard InChI is InChI=1S/C18H20N6O/c1-23-12-13(9-21-23)16-10-19-11-17(16)18(25)22-14-3-5-15(6-4-14)24-8-2-7-20-24/h2-9,12,16-17,19H,10-11H2,1H3,(H,22,25)/t16-,17+/m1/s1. The molecule has 1 aliphatic rings. The van der Waals surface area contributed by atoms with E-state index in [-0.39, 0.29) is 17.7 Å². The molecule has 1 aliphatic heterocycles. The first-order valence-electron chi connectivity index (χ1n) is 8.31. The lowest BCUT2D eigenvalue weighted by atomic mass is 9.90. The molecular formula is C18H20N6O. The van der Waals surface area contributed by atoms with Crippen molar-refractivity contribution < 1.29 is 4.79 Å². The minimum Gasteiger partial charge on any atom is -0.326 e. The fraction of sp³-hybridized carbons (Fsp3) is 0.278. The quantitative estimate of drug-likeness (QED) is 0.758. The van der Waals surface area contributed by atoms with E-state index in [0.717, 1.165) is 23.5 Å². The molecule has 3 heterocycles. The van der Waals surface area contributed by atoms with E-state index in [1.165, 1.54) is 0 Å². The number of aromatic nitrogens is 4. The maximum atomic E-state index is 12.7. The third-order valence-corrected chi connectivity index (χ3v) is 4.61. The van der Waals surface area contributed by atoms with Crippen LogP contribution in [-0.4, -0.2) is 38.6 Å². The van der Waals surface area contributed by atoms with Crippen molar-refractivity contribution in [2.45, 2.75) is 5.92 Å². The van der Waals surface area contributed by atoms with Gasteiger partial charge >= 0.3 is 0 Å². The number of amides is 1. The summed E-state index contributed by atoms with van der Waals surface area (Å²) in [5, 5.41) is 14.8. The molecule has 0 aliphatic carbocycles. The van der Waals surface area contributed by atoms with Crippen LogP contribution in [0.15, 0.2) is 55.1 Å². The molecule has 2 aromatic heterocycles. The van der Waals surface area contributed by atoms with E-state index >= 15 is 0 Å². The highest BCUT2D eigenvalue weighted by Gasteiger charge is 2.34. The molecule has 2 atom stereocenters. The zero-order chi connectivity index (χ0) is 17.2. The molecular weight excluding hydrogens is 316 g/mol. The van der Waals surface area contributed by atoms with Gasteiger partial charge in [0.25, 0.3) is 0 Å². The van der Waals surface area contributed by atoms with E-state index in [1.807, 2.05) is 56.0 Å². The predicted molar refractivity (Wildman–Crippen MR) is 94.5 cm³/mol. The second kappa shape index (κ2) is 6.52. The molecule has 128 valence electrons. The van der Waals surface area contributed by atoms with Crippen molar-refractivity contribution in [1.29, 1.82) is 0 Å². The van der Waals surface area contributed by atoms with Crippen molar-refractivity contribution in [3.8, 4) is 5.69 Å². The van der Waals surface area contributed by atoms with Gasteiger partial charge in [0.1, 0.15) is 0 Å². The van der Waals surface area contributed by atoms with Gasteiger partial charge in [0, 0.05) is 50.3 Å². The highest BCUT2D eigenvalue weighted by molar-refractivity contribution is 5.93. The number of nitrogens with one attached hydrogen (secondary N) is 2. The van der Waals surface area contributed by atoms with Gasteiger partial charge in [0.2, 0.25) is 5.91 Å². The first kappa shape index (κ1) is 15.6. The summed E-state index contributed by atoms with van der Waals surface area (Å²) in [6, 6.07) is 9.55. The van der Waals surface area contributed by atoms with Gasteiger partial charge in [-0.2, -0.15) is 10.2 Å². The number of aryl methyl sites for hydroxylation is 1. The predicted octanol–water partition coefficient (Wildman–Crippen LogP) is 1.55. The Kier molecular flexibility index (Phi) is 4.07. The normalized spacial score (nSPS) is 19.9. The smallest absolute Gasteiger partial charge is 0.229 e. The van der Waals surface area contributed by atoms with E-state index in [1.54, 1.807) is 15.6 Å². The summed E-state index contributed by atoms with van der Waals surface area (Å²) < 4.78 is 3.56. The lowest BCUT2D eigenvalue weighted by Gasteiger charge is -2.17. The lowest BCUT2D eigenvalue weighted by Crippen LogP contribution is -2.28. The van der Waals surface area contributed by atoms with Crippen LogP contribution in [0.25, 0.3) is 5.69 Å². The van der Waals surface area contributed by atoms with Crippen LogP contribution >= 0.6 is 0 Å². The third kappa shape index (κ3) is 3.18. The molecule has 2 N–H and O–H groups in total. The SMILES string of the molecule is Cn1cc([C@H]2CNC[C@@H]2C(=O)Nc2ccc(-n3cccn3)cc2)cn1. The Morgan fingerprint density at radius 3 is 2.76 bits per heavy atom. The number of rotatable bonds is 4. The van der Waals surface area contributed by atoms with E-state index in [4.69, 9.17) is 0 Å². The molecule has 1 saturated heterocycles. The van der Waals surface area contributed by atoms with Crippen LogP contribution in [0.5, 0.6) is 0 Å². The van der Waals surface area contributed by atoms with Gasteiger partial charge in [-0.3, -0.25) is 9.48 Å². The van der Waals surface area contributed by atoms with Gasteiger partial charge in [-0.05, 0) is 35.9 Å². The maximum Gasteiger partial charge on any atom is 0.229 e. The van der Waals surface area contributed by atoms with Crippen LogP contribution in [0, 0.1) is 5.92 Å². The molecule has 7 heteroatoms. The summed E-state index contributed by atoms with van der Waals surface area (Å²) in [4.78, 5) is 12.7. The van der Waals surface area contributed by atoms with Crippen molar-refractivity contribution in [3.05, 3.63) is 60.7 Å². The van der Waals surface area contributed by atoms with Gasteiger partial charge in [0.05, 0.1) is 17.8 Å². The van der Waals surface area contributed by atoms with Crippen LogP contribution in [0.3, 0.4) is 0 Å². The zero-order valence-corrected chi connectivity index (χ0v) is 14.0. The largest absolute Gasteiger partial charge is 0.326 e. The minimum absolute atomic E-state index is 0.0330. The molecule has 1 aromatic carbocycles. The van der Waals surface area contributed by atoms with Crippen LogP contribution in [-0.2, 0) is 11.8 Å². The summed E-state index contributed by atoms with van der Waals surface area (Å²) in [6.07, 6.45) is 7.45. The molecule has 0 saturated carbocycles. The molecule has 1 amide bonds. The Labute approximate surface area is 145 Å². The summed E-state index contributed by atoms with van der Waals surface area (Å²) in [7, 11) is 1.89. The van der Waals surface area contributed by atoms with Gasteiger partial charge in [-0.25, -0.2) is 4.68 Å². The van der Waals surface area contributed by atoms with Gasteiger partial charge in [-0.1, -0.05) is 0 Å². The molecule has 25 heavy (non-hydrogen) atoms. The Hall–Kier alpha value is -2.93. The molecule has 3 aromatic rings. The highest BCUT2D eigenvalue weighted by Crippen LogP contribution is 2.29. The van der Waals surface area contributed by atoms with Crippen molar-refractivity contribution in [2.24, 2.45) is 13.0 Å². The summed E-state index contributed by atoms with van der Waals surface area (Å²) in [5.41, 5.74) is 2.85. The molecule has 7 nitrogen and oxygen atoms in total. The average Bonchev–Trinajstić information content (AvgIpc) is 3.36. The molecule has 4 rings (SSSR count). The van der Waals surface area contributed by atoms with E-state index < -0.39 is 0 Å². The number of benzene rings is 1. The number of anilines is 1. The monoisotopic (exact) mass is 336 g/mol. The number of carbonyl (C=O) groups is 1. The summed E-state index contributed by atoms with van der Waals surface area (Å²) in [6.45, 7) is 1.47. The van der Waals surface area contributed by atoms with Gasteiger partial charge < -0.3 is 10.6 Å². The van der Waals surface area contributed by atoms with Crippen molar-refractivity contribution in [1.82, 2.24) is 24.9 Å². The van der Waals surface area contributed by atoms with Crippen molar-refractivity contribution >= 4 is 11.6 Å². The summed E-state index contributed by atoms with van der Waals surface area (Å²) >= 11 is 0. The van der Waals surface area contributed by atoms with E-state index in [2.05, 4.69) is 20.8 Å². The Balaban J connectivity index is 1.46. The molecule has 0 bridgehead atoms. The van der Waals surface area contributed by atoms with Crippen LogP contribution in [0.2, 0.25) is 0 Å². The summed E-state index contributed by atoms with van der Waals surface area (Å²) in [5.74, 6) is 0.0812. The number of hydrogen-bond acceptors (Lipinski definition) is 4. The maximum absolute atomic E-state index is 12.7. The van der Waals surface area contributed by atoms with Crippen molar-refractivity contribution in [2.75, 3.05) is 18.4 Å². The lowest BCUT2D eigenvalue weighted by molar-refractivity contribution is -0.119. The number of carbonyl (C=O) groups excluding carboxylic acids is 1. The van der Waals surface area contributed by atoms with Crippen LogP contribution in [0.1, 0.15) is 11.5 Å². The Morgan fingerprint density at radius 2 is 2.08 bits per heavy atom. The van der Waals surface area contributed by atoms with E-state index in [0.29, 0.717) is 6.54 Å². The molecule has 0 unspecified atom stereocenters. The van der Waals surface area contributed by atoms with Crippen LogP contribution < -0.4 is 10.6 Å². The van der Waals surface area contributed by atoms with Gasteiger partial charge in [0.15, 0.2) is 0 Å². The van der Waals surface area contributed by atoms with Crippen LogP contribution in [0.4, 0.5) is 5.69 Å². The second-order valence-corrected chi connectivity index (χ2v) is 6.31.